The minimum Gasteiger partial charge on any atom is -0.493 e. The van der Waals surface area contributed by atoms with E-state index in [9.17, 15) is 9.50 Å². The van der Waals surface area contributed by atoms with Crippen LogP contribution in [-0.2, 0) is 18.4 Å². The molecule has 20 heavy (non-hydrogen) atoms. The van der Waals surface area contributed by atoms with Gasteiger partial charge in [-0.15, -0.1) is 0 Å². The van der Waals surface area contributed by atoms with Crippen LogP contribution in [0.25, 0.3) is 0 Å². The van der Waals surface area contributed by atoms with Crippen LogP contribution in [0.5, 0.6) is 5.75 Å². The SMILES string of the molecule is OC1(c2cccc3c2OCC3)CCc2c(F)cccc21. The van der Waals surface area contributed by atoms with E-state index in [1.165, 1.54) is 6.07 Å². The van der Waals surface area contributed by atoms with Crippen LogP contribution in [0.15, 0.2) is 36.4 Å². The first-order chi connectivity index (χ1) is 9.70. The van der Waals surface area contributed by atoms with Crippen molar-refractivity contribution in [1.29, 1.82) is 0 Å². The lowest BCUT2D eigenvalue weighted by Crippen LogP contribution is -2.24. The topological polar surface area (TPSA) is 29.5 Å². The largest absolute Gasteiger partial charge is 0.493 e. The molecule has 0 spiro atoms. The maximum atomic E-state index is 13.9. The highest BCUT2D eigenvalue weighted by molar-refractivity contribution is 5.54. The van der Waals surface area contributed by atoms with Crippen molar-refractivity contribution >= 4 is 0 Å². The zero-order valence-electron chi connectivity index (χ0n) is 11.0. The molecule has 2 aromatic carbocycles. The van der Waals surface area contributed by atoms with Crippen LogP contribution in [0.3, 0.4) is 0 Å². The van der Waals surface area contributed by atoms with E-state index in [1.54, 1.807) is 6.07 Å². The van der Waals surface area contributed by atoms with Crippen LogP contribution in [0.4, 0.5) is 4.39 Å². The van der Waals surface area contributed by atoms with E-state index in [2.05, 4.69) is 0 Å². The predicted octanol–water partition coefficient (Wildman–Crippen LogP) is 2.94. The molecule has 1 heterocycles. The van der Waals surface area contributed by atoms with Crippen LogP contribution < -0.4 is 4.74 Å². The lowest BCUT2D eigenvalue weighted by Gasteiger charge is -2.26. The third kappa shape index (κ3) is 1.47. The van der Waals surface area contributed by atoms with Crippen LogP contribution in [0, 0.1) is 5.82 Å². The van der Waals surface area contributed by atoms with E-state index in [-0.39, 0.29) is 5.82 Å². The summed E-state index contributed by atoms with van der Waals surface area (Å²) in [6.07, 6.45) is 1.93. The Bertz CT molecular complexity index is 695. The molecule has 102 valence electrons. The summed E-state index contributed by atoms with van der Waals surface area (Å²) in [6.45, 7) is 0.651. The molecule has 1 aliphatic carbocycles. The second-order valence-corrected chi connectivity index (χ2v) is 5.52. The highest BCUT2D eigenvalue weighted by Gasteiger charge is 2.42. The summed E-state index contributed by atoms with van der Waals surface area (Å²) < 4.78 is 19.6. The van der Waals surface area contributed by atoms with E-state index in [0.29, 0.717) is 30.6 Å². The van der Waals surface area contributed by atoms with Gasteiger partial charge in [-0.3, -0.25) is 0 Å². The van der Waals surface area contributed by atoms with E-state index in [4.69, 9.17) is 4.74 Å². The fraction of sp³-hybridized carbons (Fsp3) is 0.294. The molecular weight excluding hydrogens is 255 g/mol. The molecule has 3 heteroatoms. The first-order valence-corrected chi connectivity index (χ1v) is 6.95. The molecule has 1 aliphatic heterocycles. The quantitative estimate of drug-likeness (QED) is 0.863. The summed E-state index contributed by atoms with van der Waals surface area (Å²) in [5.74, 6) is 0.555. The van der Waals surface area contributed by atoms with Crippen LogP contribution in [0.2, 0.25) is 0 Å². The van der Waals surface area contributed by atoms with Gasteiger partial charge in [0.25, 0.3) is 0 Å². The number of hydrogen-bond acceptors (Lipinski definition) is 2. The monoisotopic (exact) mass is 270 g/mol. The zero-order valence-corrected chi connectivity index (χ0v) is 11.0. The summed E-state index contributed by atoms with van der Waals surface area (Å²) in [4.78, 5) is 0. The van der Waals surface area contributed by atoms with Gasteiger partial charge in [0.1, 0.15) is 17.2 Å². The second-order valence-electron chi connectivity index (χ2n) is 5.52. The van der Waals surface area contributed by atoms with Gasteiger partial charge in [-0.2, -0.15) is 0 Å². The second kappa shape index (κ2) is 4.06. The summed E-state index contributed by atoms with van der Waals surface area (Å²) in [7, 11) is 0. The average Bonchev–Trinajstić information content (AvgIpc) is 3.05. The van der Waals surface area contributed by atoms with Crippen LogP contribution >= 0.6 is 0 Å². The molecule has 0 bridgehead atoms. The van der Waals surface area contributed by atoms with Gasteiger partial charge in [-0.05, 0) is 35.6 Å². The van der Waals surface area contributed by atoms with Gasteiger partial charge in [0.15, 0.2) is 0 Å². The Morgan fingerprint density at radius 2 is 1.85 bits per heavy atom. The van der Waals surface area contributed by atoms with E-state index >= 15 is 0 Å². The van der Waals surface area contributed by atoms with Crippen molar-refractivity contribution in [3.8, 4) is 5.75 Å². The number of para-hydroxylation sites is 1. The molecule has 0 fully saturated rings. The number of ether oxygens (including phenoxy) is 1. The van der Waals surface area contributed by atoms with Crippen LogP contribution in [-0.4, -0.2) is 11.7 Å². The Morgan fingerprint density at radius 3 is 2.75 bits per heavy atom. The summed E-state index contributed by atoms with van der Waals surface area (Å²) in [5, 5.41) is 11.2. The van der Waals surface area contributed by atoms with Gasteiger partial charge >= 0.3 is 0 Å². The lowest BCUT2D eigenvalue weighted by molar-refractivity contribution is 0.0798. The molecule has 2 aromatic rings. The standard InChI is InChI=1S/C17H15FO2/c18-15-6-2-4-13-12(15)7-9-17(13,19)14-5-1-3-11-8-10-20-16(11)14/h1-6,19H,7-10H2. The number of fused-ring (bicyclic) bond motifs is 2. The van der Waals surface area contributed by atoms with Gasteiger partial charge < -0.3 is 9.84 Å². The minimum atomic E-state index is -1.13. The van der Waals surface area contributed by atoms with Crippen molar-refractivity contribution in [3.63, 3.8) is 0 Å². The maximum Gasteiger partial charge on any atom is 0.129 e. The van der Waals surface area contributed by atoms with Gasteiger partial charge in [-0.1, -0.05) is 30.3 Å². The van der Waals surface area contributed by atoms with Gasteiger partial charge in [-0.25, -0.2) is 4.39 Å². The number of benzene rings is 2. The lowest BCUT2D eigenvalue weighted by atomic mass is 9.86. The van der Waals surface area contributed by atoms with Gasteiger partial charge in [0.2, 0.25) is 0 Å². The number of rotatable bonds is 1. The van der Waals surface area contributed by atoms with E-state index in [1.807, 2.05) is 24.3 Å². The number of hydrogen-bond donors (Lipinski definition) is 1. The number of halogens is 1. The van der Waals surface area contributed by atoms with Gasteiger partial charge in [0.05, 0.1) is 6.61 Å². The van der Waals surface area contributed by atoms with Crippen molar-refractivity contribution in [2.45, 2.75) is 24.9 Å². The average molecular weight is 270 g/mol. The van der Waals surface area contributed by atoms with Crippen molar-refractivity contribution in [1.82, 2.24) is 0 Å². The molecule has 2 aliphatic rings. The molecule has 0 aromatic heterocycles. The highest BCUT2D eigenvalue weighted by Crippen LogP contribution is 2.47. The molecule has 0 saturated heterocycles. The predicted molar refractivity (Wildman–Crippen MR) is 73.4 cm³/mol. The summed E-state index contributed by atoms with van der Waals surface area (Å²) >= 11 is 0. The maximum absolute atomic E-state index is 13.9. The van der Waals surface area contributed by atoms with E-state index in [0.717, 1.165) is 23.3 Å². The third-order valence-corrected chi connectivity index (χ3v) is 4.46. The van der Waals surface area contributed by atoms with E-state index < -0.39 is 5.60 Å². The molecule has 1 atom stereocenters. The molecule has 0 saturated carbocycles. The Hall–Kier alpha value is -1.87. The van der Waals surface area contributed by atoms with Crippen molar-refractivity contribution < 1.29 is 14.2 Å². The first kappa shape index (κ1) is 11.9. The smallest absolute Gasteiger partial charge is 0.129 e. The van der Waals surface area contributed by atoms with Crippen molar-refractivity contribution in [2.75, 3.05) is 6.61 Å². The summed E-state index contributed by atoms with van der Waals surface area (Å²) in [5.41, 5.74) is 2.08. The van der Waals surface area contributed by atoms with Crippen molar-refractivity contribution in [3.05, 3.63) is 64.5 Å². The fourth-order valence-electron chi connectivity index (χ4n) is 3.46. The zero-order chi connectivity index (χ0) is 13.7. The van der Waals surface area contributed by atoms with Crippen molar-refractivity contribution in [2.24, 2.45) is 0 Å². The number of aliphatic hydroxyl groups is 1. The van der Waals surface area contributed by atoms with Gasteiger partial charge in [0, 0.05) is 12.0 Å². The molecule has 1 unspecified atom stereocenters. The Balaban J connectivity index is 1.93. The molecule has 4 rings (SSSR count). The first-order valence-electron chi connectivity index (χ1n) is 6.95. The third-order valence-electron chi connectivity index (χ3n) is 4.46. The molecule has 2 nitrogen and oxygen atoms in total. The summed E-state index contributed by atoms with van der Waals surface area (Å²) in [6, 6.07) is 10.8. The molecule has 0 amide bonds. The fourth-order valence-corrected chi connectivity index (χ4v) is 3.46. The normalized spacial score (nSPS) is 23.3. The molecule has 0 radical (unpaired) electrons. The Kier molecular flexibility index (Phi) is 2.42. The highest BCUT2D eigenvalue weighted by atomic mass is 19.1. The Labute approximate surface area is 116 Å². The Morgan fingerprint density at radius 1 is 1.05 bits per heavy atom. The molecular formula is C17H15FO2. The van der Waals surface area contributed by atoms with Crippen LogP contribution in [0.1, 0.15) is 28.7 Å². The molecule has 1 N–H and O–H groups in total. The minimum absolute atomic E-state index is 0.230.